The number of amides is 1. The quantitative estimate of drug-likeness (QED) is 0.324. The van der Waals surface area contributed by atoms with Crippen molar-refractivity contribution in [3.05, 3.63) is 137 Å². The number of nitrogens with one attached hydrogen (secondary N) is 1. The van der Waals surface area contributed by atoms with Crippen LogP contribution in [0.2, 0.25) is 0 Å². The highest BCUT2D eigenvalue weighted by atomic mass is 19.1. The number of hydrogen-bond donors (Lipinski definition) is 1. The molecule has 1 amide bonds. The monoisotopic (exact) mass is 494 g/mol. The molecular formula is C32H31FN2O2. The number of halogens is 1. The lowest BCUT2D eigenvalue weighted by atomic mass is 9.87. The fourth-order valence-electron chi connectivity index (χ4n) is 4.95. The molecule has 0 saturated carbocycles. The van der Waals surface area contributed by atoms with Crippen molar-refractivity contribution in [3.63, 3.8) is 0 Å². The van der Waals surface area contributed by atoms with Gasteiger partial charge < -0.3 is 10.1 Å². The third-order valence-electron chi connectivity index (χ3n) is 6.88. The van der Waals surface area contributed by atoms with E-state index in [0.29, 0.717) is 24.4 Å². The van der Waals surface area contributed by atoms with Crippen molar-refractivity contribution in [3.8, 4) is 5.75 Å². The number of benzene rings is 4. The number of nitrogens with zero attached hydrogens (tertiary/aromatic N) is 1. The molecular weight excluding hydrogens is 463 g/mol. The lowest BCUT2D eigenvalue weighted by Crippen LogP contribution is -2.37. The van der Waals surface area contributed by atoms with Crippen LogP contribution in [0.1, 0.15) is 40.8 Å². The summed E-state index contributed by atoms with van der Waals surface area (Å²) in [6.45, 7) is 3.55. The molecule has 4 aromatic carbocycles. The van der Waals surface area contributed by atoms with Gasteiger partial charge in [0, 0.05) is 25.2 Å². The van der Waals surface area contributed by atoms with E-state index in [4.69, 9.17) is 4.74 Å². The molecule has 0 saturated heterocycles. The smallest absolute Gasteiger partial charge is 0.261 e. The maximum atomic E-state index is 14.5. The van der Waals surface area contributed by atoms with Crippen molar-refractivity contribution in [2.24, 2.45) is 0 Å². The number of ether oxygens (including phenoxy) is 1. The van der Waals surface area contributed by atoms with Crippen LogP contribution < -0.4 is 10.1 Å². The predicted molar refractivity (Wildman–Crippen MR) is 144 cm³/mol. The van der Waals surface area contributed by atoms with Gasteiger partial charge in [-0.05, 0) is 53.8 Å². The first kappa shape index (κ1) is 24.7. The van der Waals surface area contributed by atoms with Crippen molar-refractivity contribution in [2.45, 2.75) is 38.6 Å². The Morgan fingerprint density at radius 2 is 1.68 bits per heavy atom. The molecule has 188 valence electrons. The Labute approximate surface area is 217 Å². The van der Waals surface area contributed by atoms with Crippen molar-refractivity contribution in [1.82, 2.24) is 10.2 Å². The molecule has 1 aliphatic heterocycles. The summed E-state index contributed by atoms with van der Waals surface area (Å²) < 4.78 is 20.6. The van der Waals surface area contributed by atoms with E-state index in [2.05, 4.69) is 28.4 Å². The number of hydrogen-bond acceptors (Lipinski definition) is 3. The molecule has 4 aromatic rings. The predicted octanol–water partition coefficient (Wildman–Crippen LogP) is 6.06. The van der Waals surface area contributed by atoms with Crippen molar-refractivity contribution < 1.29 is 13.9 Å². The van der Waals surface area contributed by atoms with Gasteiger partial charge in [-0.25, -0.2) is 4.39 Å². The lowest BCUT2D eigenvalue weighted by Gasteiger charge is -2.38. The van der Waals surface area contributed by atoms with E-state index in [1.54, 1.807) is 13.0 Å². The van der Waals surface area contributed by atoms with Crippen LogP contribution in [0.5, 0.6) is 5.75 Å². The SMILES string of the molecule is CC(Oc1ccc2c(c1)C(c1ccccc1)N(Cc1ccccc1F)CC2)C(=O)NCc1ccccc1. The molecule has 2 atom stereocenters. The Bertz CT molecular complexity index is 1340. The van der Waals surface area contributed by atoms with Crippen LogP contribution >= 0.6 is 0 Å². The number of rotatable bonds is 8. The summed E-state index contributed by atoms with van der Waals surface area (Å²) in [5.74, 6) is 0.296. The second-order valence-corrected chi connectivity index (χ2v) is 9.45. The summed E-state index contributed by atoms with van der Waals surface area (Å²) in [5.41, 5.74) is 5.24. The Hall–Kier alpha value is -3.96. The van der Waals surface area contributed by atoms with Gasteiger partial charge in [-0.3, -0.25) is 9.69 Å². The van der Waals surface area contributed by atoms with E-state index in [1.807, 2.05) is 72.8 Å². The minimum absolute atomic E-state index is 0.0460. The largest absolute Gasteiger partial charge is 0.481 e. The lowest BCUT2D eigenvalue weighted by molar-refractivity contribution is -0.127. The summed E-state index contributed by atoms with van der Waals surface area (Å²) in [4.78, 5) is 15.0. The summed E-state index contributed by atoms with van der Waals surface area (Å²) >= 11 is 0. The number of fused-ring (bicyclic) bond motifs is 1. The Balaban J connectivity index is 1.37. The van der Waals surface area contributed by atoms with Crippen LogP contribution in [-0.4, -0.2) is 23.5 Å². The van der Waals surface area contributed by atoms with E-state index in [0.717, 1.165) is 29.7 Å². The number of carbonyl (C=O) groups is 1. The van der Waals surface area contributed by atoms with Crippen LogP contribution in [0.25, 0.3) is 0 Å². The molecule has 5 heteroatoms. The van der Waals surface area contributed by atoms with Crippen LogP contribution in [0, 0.1) is 5.82 Å². The third kappa shape index (κ3) is 5.89. The molecule has 4 nitrogen and oxygen atoms in total. The van der Waals surface area contributed by atoms with Gasteiger partial charge in [-0.2, -0.15) is 0 Å². The zero-order valence-electron chi connectivity index (χ0n) is 20.9. The molecule has 0 radical (unpaired) electrons. The Kier molecular flexibility index (Phi) is 7.62. The molecule has 5 rings (SSSR count). The van der Waals surface area contributed by atoms with Gasteiger partial charge in [0.15, 0.2) is 6.10 Å². The van der Waals surface area contributed by atoms with Gasteiger partial charge in [0.1, 0.15) is 11.6 Å². The zero-order chi connectivity index (χ0) is 25.6. The maximum absolute atomic E-state index is 14.5. The number of carbonyl (C=O) groups excluding carboxylic acids is 1. The average Bonchev–Trinajstić information content (AvgIpc) is 2.93. The Morgan fingerprint density at radius 1 is 0.973 bits per heavy atom. The molecule has 0 bridgehead atoms. The Morgan fingerprint density at radius 3 is 2.43 bits per heavy atom. The molecule has 0 aliphatic carbocycles. The van der Waals surface area contributed by atoms with Crippen molar-refractivity contribution in [1.29, 1.82) is 0 Å². The third-order valence-corrected chi connectivity index (χ3v) is 6.88. The topological polar surface area (TPSA) is 41.6 Å². The summed E-state index contributed by atoms with van der Waals surface area (Å²) in [6, 6.07) is 33.1. The van der Waals surface area contributed by atoms with Gasteiger partial charge in [-0.15, -0.1) is 0 Å². The van der Waals surface area contributed by atoms with Gasteiger partial charge in [0.05, 0.1) is 6.04 Å². The second kappa shape index (κ2) is 11.4. The highest BCUT2D eigenvalue weighted by Crippen LogP contribution is 2.38. The van der Waals surface area contributed by atoms with E-state index < -0.39 is 6.10 Å². The molecule has 0 fully saturated rings. The van der Waals surface area contributed by atoms with Crippen LogP contribution in [-0.2, 0) is 24.3 Å². The summed E-state index contributed by atoms with van der Waals surface area (Å²) in [5, 5.41) is 2.95. The first-order chi connectivity index (χ1) is 18.1. The maximum Gasteiger partial charge on any atom is 0.261 e. The van der Waals surface area contributed by atoms with E-state index in [-0.39, 0.29) is 17.8 Å². The normalized spacial score (nSPS) is 16.0. The molecule has 0 spiro atoms. The van der Waals surface area contributed by atoms with E-state index >= 15 is 0 Å². The zero-order valence-corrected chi connectivity index (χ0v) is 20.9. The molecule has 2 unspecified atom stereocenters. The van der Waals surface area contributed by atoms with Gasteiger partial charge in [0.25, 0.3) is 5.91 Å². The first-order valence-corrected chi connectivity index (χ1v) is 12.7. The molecule has 1 heterocycles. The molecule has 1 N–H and O–H groups in total. The fraction of sp³-hybridized carbons (Fsp3) is 0.219. The molecule has 0 aromatic heterocycles. The van der Waals surface area contributed by atoms with Gasteiger partial charge in [0.2, 0.25) is 0 Å². The fourth-order valence-corrected chi connectivity index (χ4v) is 4.95. The van der Waals surface area contributed by atoms with E-state index in [1.165, 1.54) is 11.6 Å². The summed E-state index contributed by atoms with van der Waals surface area (Å²) in [7, 11) is 0. The van der Waals surface area contributed by atoms with Gasteiger partial charge >= 0.3 is 0 Å². The van der Waals surface area contributed by atoms with Crippen LogP contribution in [0.3, 0.4) is 0 Å². The summed E-state index contributed by atoms with van der Waals surface area (Å²) in [6.07, 6.45) is 0.218. The highest BCUT2D eigenvalue weighted by molar-refractivity contribution is 5.80. The molecule has 37 heavy (non-hydrogen) atoms. The average molecular weight is 495 g/mol. The molecule has 1 aliphatic rings. The highest BCUT2D eigenvalue weighted by Gasteiger charge is 2.30. The van der Waals surface area contributed by atoms with Crippen molar-refractivity contribution >= 4 is 5.91 Å². The van der Waals surface area contributed by atoms with Crippen LogP contribution in [0.4, 0.5) is 4.39 Å². The standard InChI is InChI=1S/C32H31FN2O2/c1-23(32(36)34-21-24-10-4-2-5-11-24)37-28-17-16-25-18-19-35(22-27-14-8-9-15-30(27)33)31(29(25)20-28)26-12-6-3-7-13-26/h2-17,20,23,31H,18-19,21-22H2,1H3,(H,34,36). The minimum atomic E-state index is -0.643. The second-order valence-electron chi connectivity index (χ2n) is 9.45. The van der Waals surface area contributed by atoms with Gasteiger partial charge in [-0.1, -0.05) is 84.9 Å². The van der Waals surface area contributed by atoms with E-state index in [9.17, 15) is 9.18 Å². The minimum Gasteiger partial charge on any atom is -0.481 e. The van der Waals surface area contributed by atoms with Crippen LogP contribution in [0.15, 0.2) is 103 Å². The van der Waals surface area contributed by atoms with Crippen molar-refractivity contribution in [2.75, 3.05) is 6.54 Å². The first-order valence-electron chi connectivity index (χ1n) is 12.7.